The molecule has 0 aromatic carbocycles. The predicted molar refractivity (Wildman–Crippen MR) is 68.5 cm³/mol. The quantitative estimate of drug-likeness (QED) is 0.803. The number of carboxylic acid groups (broad SMARTS) is 2. The second kappa shape index (κ2) is 3.62. The van der Waals surface area contributed by atoms with E-state index in [1.807, 2.05) is 6.08 Å². The molecule has 3 rings (SSSR count). The van der Waals surface area contributed by atoms with E-state index in [2.05, 4.69) is 6.92 Å². The van der Waals surface area contributed by atoms with Gasteiger partial charge in [-0.2, -0.15) is 0 Å². The molecular formula is C15H20O4. The highest BCUT2D eigenvalue weighted by Crippen LogP contribution is 2.66. The Bertz CT molecular complexity index is 494. The summed E-state index contributed by atoms with van der Waals surface area (Å²) in [4.78, 5) is 22.8. The number of fused-ring (bicyclic) bond motifs is 3. The van der Waals surface area contributed by atoms with Crippen LogP contribution in [0.2, 0.25) is 0 Å². The van der Waals surface area contributed by atoms with Crippen molar-refractivity contribution in [3.63, 3.8) is 0 Å². The van der Waals surface area contributed by atoms with E-state index in [1.165, 1.54) is 0 Å². The molecule has 5 atom stereocenters. The van der Waals surface area contributed by atoms with Crippen molar-refractivity contribution >= 4 is 11.9 Å². The Morgan fingerprint density at radius 3 is 2.42 bits per heavy atom. The zero-order chi connectivity index (χ0) is 14.0. The van der Waals surface area contributed by atoms with E-state index in [0.717, 1.165) is 12.8 Å². The summed E-state index contributed by atoms with van der Waals surface area (Å²) in [7, 11) is 0. The van der Waals surface area contributed by atoms with Gasteiger partial charge in [-0.05, 0) is 55.8 Å². The molecule has 3 aliphatic carbocycles. The molecule has 4 heteroatoms. The van der Waals surface area contributed by atoms with Crippen molar-refractivity contribution in [2.45, 2.75) is 39.5 Å². The van der Waals surface area contributed by atoms with Crippen LogP contribution in [-0.2, 0) is 9.59 Å². The second-order valence-electron chi connectivity index (χ2n) is 7.07. The molecule has 0 unspecified atom stereocenters. The third kappa shape index (κ3) is 1.52. The van der Waals surface area contributed by atoms with Gasteiger partial charge in [-0.1, -0.05) is 13.0 Å². The van der Waals surface area contributed by atoms with Crippen molar-refractivity contribution in [2.75, 3.05) is 0 Å². The van der Waals surface area contributed by atoms with Gasteiger partial charge in [0, 0.05) is 5.57 Å². The van der Waals surface area contributed by atoms with Crippen LogP contribution in [0.3, 0.4) is 0 Å². The van der Waals surface area contributed by atoms with E-state index in [1.54, 1.807) is 6.92 Å². The Morgan fingerprint density at radius 2 is 1.95 bits per heavy atom. The van der Waals surface area contributed by atoms with Gasteiger partial charge < -0.3 is 10.2 Å². The lowest BCUT2D eigenvalue weighted by atomic mass is 9.48. The van der Waals surface area contributed by atoms with Crippen LogP contribution >= 0.6 is 0 Å². The zero-order valence-electron chi connectivity index (χ0n) is 11.3. The molecule has 104 valence electrons. The van der Waals surface area contributed by atoms with Crippen LogP contribution in [0.5, 0.6) is 0 Å². The monoisotopic (exact) mass is 264 g/mol. The first-order valence-corrected chi connectivity index (χ1v) is 6.96. The molecule has 0 spiro atoms. The van der Waals surface area contributed by atoms with Gasteiger partial charge in [0.25, 0.3) is 0 Å². The summed E-state index contributed by atoms with van der Waals surface area (Å²) >= 11 is 0. The summed E-state index contributed by atoms with van der Waals surface area (Å²) in [6.07, 6.45) is 5.09. The summed E-state index contributed by atoms with van der Waals surface area (Å²) < 4.78 is 0. The molecular weight excluding hydrogens is 244 g/mol. The van der Waals surface area contributed by atoms with Crippen LogP contribution in [0.1, 0.15) is 39.5 Å². The summed E-state index contributed by atoms with van der Waals surface area (Å²) in [5, 5.41) is 18.8. The predicted octanol–water partition coefficient (Wildman–Crippen LogP) is 2.54. The van der Waals surface area contributed by atoms with E-state index in [4.69, 9.17) is 0 Å². The molecule has 3 aliphatic rings. The Morgan fingerprint density at radius 1 is 1.26 bits per heavy atom. The van der Waals surface area contributed by atoms with Gasteiger partial charge in [-0.3, -0.25) is 4.79 Å². The number of rotatable bonds is 2. The van der Waals surface area contributed by atoms with E-state index in [9.17, 15) is 19.8 Å². The topological polar surface area (TPSA) is 74.6 Å². The van der Waals surface area contributed by atoms with Crippen molar-refractivity contribution < 1.29 is 19.8 Å². The maximum absolute atomic E-state index is 11.5. The van der Waals surface area contributed by atoms with Crippen LogP contribution < -0.4 is 0 Å². The standard InChI is InChI=1S/C15H20O4/c1-14(13(18)19)6-8-5-9(12(16)17)10-3-4-15(10,2)11(8)7-14/h5,8,10-11H,3-4,6-7H2,1-2H3,(H,16,17)(H,18,19)/t8-,10+,11+,14-,15+/m1/s1. The van der Waals surface area contributed by atoms with Gasteiger partial charge in [0.2, 0.25) is 0 Å². The number of carbonyl (C=O) groups is 2. The number of carboxylic acids is 2. The SMILES string of the molecule is C[C@@]1(C(=O)O)C[C@H]2C=C(C(=O)O)[C@@H]3CC[C@]3(C)[C@H]2C1. The van der Waals surface area contributed by atoms with Gasteiger partial charge in [-0.15, -0.1) is 0 Å². The average Bonchev–Trinajstić information content (AvgIpc) is 2.64. The Hall–Kier alpha value is -1.32. The molecule has 19 heavy (non-hydrogen) atoms. The van der Waals surface area contributed by atoms with Gasteiger partial charge in [-0.25, -0.2) is 4.79 Å². The van der Waals surface area contributed by atoms with E-state index >= 15 is 0 Å². The first-order valence-electron chi connectivity index (χ1n) is 6.96. The maximum Gasteiger partial charge on any atom is 0.331 e. The van der Waals surface area contributed by atoms with Crippen LogP contribution in [0, 0.1) is 28.6 Å². The molecule has 0 bridgehead atoms. The first kappa shape index (κ1) is 12.7. The minimum Gasteiger partial charge on any atom is -0.481 e. The summed E-state index contributed by atoms with van der Waals surface area (Å²) in [5.41, 5.74) is -0.159. The molecule has 0 radical (unpaired) electrons. The van der Waals surface area contributed by atoms with Crippen LogP contribution in [-0.4, -0.2) is 22.2 Å². The van der Waals surface area contributed by atoms with E-state index in [0.29, 0.717) is 24.3 Å². The third-order valence-corrected chi connectivity index (χ3v) is 6.02. The lowest BCUT2D eigenvalue weighted by molar-refractivity contribution is -0.148. The summed E-state index contributed by atoms with van der Waals surface area (Å²) in [5.74, 6) is -0.989. The molecule has 2 saturated carbocycles. The number of aliphatic carboxylic acids is 2. The molecule has 0 amide bonds. The fourth-order valence-electron chi connectivity index (χ4n) is 4.72. The van der Waals surface area contributed by atoms with Gasteiger partial charge in [0.05, 0.1) is 5.41 Å². The molecule has 2 fully saturated rings. The van der Waals surface area contributed by atoms with Crippen molar-refractivity contribution in [3.05, 3.63) is 11.6 Å². The smallest absolute Gasteiger partial charge is 0.331 e. The van der Waals surface area contributed by atoms with Crippen molar-refractivity contribution in [2.24, 2.45) is 28.6 Å². The molecule has 0 aromatic rings. The number of hydrogen-bond donors (Lipinski definition) is 2. The van der Waals surface area contributed by atoms with Crippen LogP contribution in [0.15, 0.2) is 11.6 Å². The fraction of sp³-hybridized carbons (Fsp3) is 0.733. The zero-order valence-corrected chi connectivity index (χ0v) is 11.3. The van der Waals surface area contributed by atoms with Crippen molar-refractivity contribution in [1.82, 2.24) is 0 Å². The Labute approximate surface area is 112 Å². The highest BCUT2D eigenvalue weighted by molar-refractivity contribution is 5.88. The number of hydrogen-bond acceptors (Lipinski definition) is 2. The third-order valence-electron chi connectivity index (χ3n) is 6.02. The molecule has 0 saturated heterocycles. The van der Waals surface area contributed by atoms with Gasteiger partial charge in [0.15, 0.2) is 0 Å². The van der Waals surface area contributed by atoms with E-state index in [-0.39, 0.29) is 17.3 Å². The first-order chi connectivity index (χ1) is 8.78. The largest absolute Gasteiger partial charge is 0.481 e. The average molecular weight is 264 g/mol. The Balaban J connectivity index is 2.00. The second-order valence-corrected chi connectivity index (χ2v) is 7.07. The molecule has 0 heterocycles. The number of allylic oxidation sites excluding steroid dienone is 1. The highest BCUT2D eigenvalue weighted by Gasteiger charge is 2.61. The molecule has 0 aromatic heterocycles. The fourth-order valence-corrected chi connectivity index (χ4v) is 4.72. The van der Waals surface area contributed by atoms with Gasteiger partial charge >= 0.3 is 11.9 Å². The van der Waals surface area contributed by atoms with Crippen LogP contribution in [0.25, 0.3) is 0 Å². The maximum atomic E-state index is 11.5. The highest BCUT2D eigenvalue weighted by atomic mass is 16.4. The van der Waals surface area contributed by atoms with Crippen molar-refractivity contribution in [3.8, 4) is 0 Å². The Kier molecular flexibility index (Phi) is 2.42. The molecule has 2 N–H and O–H groups in total. The lowest BCUT2D eigenvalue weighted by Gasteiger charge is -2.55. The van der Waals surface area contributed by atoms with Gasteiger partial charge in [0.1, 0.15) is 0 Å². The lowest BCUT2D eigenvalue weighted by Crippen LogP contribution is -2.49. The summed E-state index contributed by atoms with van der Waals surface area (Å²) in [6, 6.07) is 0. The normalized spacial score (nSPS) is 47.7. The molecule has 0 aliphatic heterocycles. The summed E-state index contributed by atoms with van der Waals surface area (Å²) in [6.45, 7) is 3.96. The van der Waals surface area contributed by atoms with Crippen molar-refractivity contribution in [1.29, 1.82) is 0 Å². The van der Waals surface area contributed by atoms with Crippen LogP contribution in [0.4, 0.5) is 0 Å². The van der Waals surface area contributed by atoms with E-state index < -0.39 is 17.4 Å². The minimum atomic E-state index is -0.821. The molecule has 4 nitrogen and oxygen atoms in total. The minimum absolute atomic E-state index is 0.000347.